The number of pyridine rings is 1. The van der Waals surface area contributed by atoms with Crippen LogP contribution in [0.2, 0.25) is 0 Å². The number of halogens is 3. The highest BCUT2D eigenvalue weighted by molar-refractivity contribution is 5.40. The molecule has 1 atom stereocenters. The van der Waals surface area contributed by atoms with Crippen molar-refractivity contribution in [3.8, 4) is 11.5 Å². The Morgan fingerprint density at radius 3 is 2.40 bits per heavy atom. The Labute approximate surface area is 173 Å². The minimum atomic E-state index is -4.38. The number of aromatic nitrogens is 1. The molecule has 164 valence electrons. The zero-order valence-corrected chi connectivity index (χ0v) is 16.8. The quantitative estimate of drug-likeness (QED) is 0.736. The predicted octanol–water partition coefficient (Wildman–Crippen LogP) is 3.06. The largest absolute Gasteiger partial charge is 0.497 e. The van der Waals surface area contributed by atoms with Gasteiger partial charge in [0.2, 0.25) is 0 Å². The second kappa shape index (κ2) is 9.99. The fraction of sp³-hybridized carbons (Fsp3) is 0.476. The van der Waals surface area contributed by atoms with Gasteiger partial charge in [0.1, 0.15) is 30.0 Å². The van der Waals surface area contributed by atoms with Crippen molar-refractivity contribution in [3.05, 3.63) is 48.2 Å². The van der Waals surface area contributed by atoms with E-state index in [1.165, 1.54) is 6.07 Å². The van der Waals surface area contributed by atoms with Crippen LogP contribution in [0.15, 0.2) is 42.6 Å². The molecule has 2 aromatic rings. The van der Waals surface area contributed by atoms with Crippen LogP contribution in [-0.2, 0) is 6.18 Å². The molecule has 2 heterocycles. The molecule has 0 amide bonds. The molecule has 1 fully saturated rings. The number of nitrogens with zero attached hydrogens (tertiary/aromatic N) is 3. The molecule has 3 rings (SSSR count). The van der Waals surface area contributed by atoms with Crippen molar-refractivity contribution in [1.82, 2.24) is 9.88 Å². The van der Waals surface area contributed by atoms with Crippen molar-refractivity contribution in [1.29, 1.82) is 0 Å². The molecular weight excluding hydrogens is 399 g/mol. The van der Waals surface area contributed by atoms with Crippen LogP contribution in [0.5, 0.6) is 11.5 Å². The van der Waals surface area contributed by atoms with Gasteiger partial charge in [-0.1, -0.05) is 0 Å². The summed E-state index contributed by atoms with van der Waals surface area (Å²) in [5.74, 6) is 1.93. The van der Waals surface area contributed by atoms with Gasteiger partial charge in [0.15, 0.2) is 0 Å². The first-order valence-corrected chi connectivity index (χ1v) is 9.80. The molecule has 30 heavy (non-hydrogen) atoms. The number of aliphatic hydroxyl groups is 1. The molecule has 0 aliphatic carbocycles. The van der Waals surface area contributed by atoms with Crippen LogP contribution in [0, 0.1) is 0 Å². The van der Waals surface area contributed by atoms with E-state index in [1.807, 2.05) is 4.90 Å². The Bertz CT molecular complexity index is 785. The van der Waals surface area contributed by atoms with E-state index in [0.717, 1.165) is 31.0 Å². The molecule has 1 aliphatic heterocycles. The number of β-amino-alcohol motifs (C(OH)–C–C–N with tert-alkyl or cyclic N) is 1. The molecule has 0 radical (unpaired) electrons. The lowest BCUT2D eigenvalue weighted by Gasteiger charge is -2.24. The summed E-state index contributed by atoms with van der Waals surface area (Å²) in [5.41, 5.74) is -0.748. The van der Waals surface area contributed by atoms with Crippen molar-refractivity contribution >= 4 is 5.82 Å². The third-order valence-electron chi connectivity index (χ3n) is 4.96. The van der Waals surface area contributed by atoms with Gasteiger partial charge in [-0.05, 0) is 49.4 Å². The maximum Gasteiger partial charge on any atom is 0.417 e. The average Bonchev–Trinajstić information content (AvgIpc) is 2.97. The number of methoxy groups -OCH3 is 1. The minimum Gasteiger partial charge on any atom is -0.497 e. The lowest BCUT2D eigenvalue weighted by molar-refractivity contribution is -0.137. The lowest BCUT2D eigenvalue weighted by Crippen LogP contribution is -2.38. The normalized spacial score (nSPS) is 16.8. The smallest absolute Gasteiger partial charge is 0.417 e. The van der Waals surface area contributed by atoms with Gasteiger partial charge in [-0.15, -0.1) is 0 Å². The highest BCUT2D eigenvalue weighted by atomic mass is 19.4. The Kier molecular flexibility index (Phi) is 7.38. The third-order valence-corrected chi connectivity index (χ3v) is 4.96. The van der Waals surface area contributed by atoms with Gasteiger partial charge >= 0.3 is 6.18 Å². The summed E-state index contributed by atoms with van der Waals surface area (Å²) in [6.45, 7) is 3.44. The molecule has 1 aromatic carbocycles. The van der Waals surface area contributed by atoms with Crippen LogP contribution in [0.25, 0.3) is 0 Å². The molecule has 1 aliphatic rings. The van der Waals surface area contributed by atoms with Gasteiger partial charge in [-0.3, -0.25) is 4.90 Å². The Hall–Kier alpha value is -2.52. The van der Waals surface area contributed by atoms with Gasteiger partial charge in [0.25, 0.3) is 0 Å². The molecule has 6 nitrogen and oxygen atoms in total. The zero-order chi connectivity index (χ0) is 21.6. The molecule has 0 spiro atoms. The van der Waals surface area contributed by atoms with Crippen LogP contribution >= 0.6 is 0 Å². The monoisotopic (exact) mass is 425 g/mol. The molecule has 1 N–H and O–H groups in total. The second-order valence-electron chi connectivity index (χ2n) is 7.18. The summed E-state index contributed by atoms with van der Waals surface area (Å²) in [6.07, 6.45) is -3.33. The van der Waals surface area contributed by atoms with E-state index in [-0.39, 0.29) is 6.61 Å². The van der Waals surface area contributed by atoms with Crippen LogP contribution in [0.1, 0.15) is 12.0 Å². The van der Waals surface area contributed by atoms with Crippen molar-refractivity contribution < 1.29 is 27.8 Å². The average molecular weight is 425 g/mol. The number of hydrogen-bond acceptors (Lipinski definition) is 6. The maximum atomic E-state index is 12.7. The molecular formula is C21H26F3N3O3. The van der Waals surface area contributed by atoms with E-state index < -0.39 is 17.8 Å². The summed E-state index contributed by atoms with van der Waals surface area (Å²) in [5, 5.41) is 10.3. The van der Waals surface area contributed by atoms with E-state index in [2.05, 4.69) is 9.88 Å². The first-order valence-electron chi connectivity index (χ1n) is 9.80. The van der Waals surface area contributed by atoms with Crippen LogP contribution in [0.3, 0.4) is 0 Å². The summed E-state index contributed by atoms with van der Waals surface area (Å²) < 4.78 is 48.8. The topological polar surface area (TPSA) is 58.1 Å². The van der Waals surface area contributed by atoms with Crippen LogP contribution in [0.4, 0.5) is 19.0 Å². The van der Waals surface area contributed by atoms with Gasteiger partial charge < -0.3 is 19.5 Å². The maximum absolute atomic E-state index is 12.7. The minimum absolute atomic E-state index is 0.174. The van der Waals surface area contributed by atoms with Crippen LogP contribution in [-0.4, -0.2) is 67.5 Å². The number of rotatable bonds is 7. The number of ether oxygens (including phenoxy) is 2. The van der Waals surface area contributed by atoms with Gasteiger partial charge in [-0.2, -0.15) is 13.2 Å². The molecule has 0 bridgehead atoms. The first kappa shape index (κ1) is 22.2. The van der Waals surface area contributed by atoms with E-state index >= 15 is 0 Å². The van der Waals surface area contributed by atoms with E-state index in [9.17, 15) is 18.3 Å². The lowest BCUT2D eigenvalue weighted by atomic mass is 10.2. The standard InChI is InChI=1S/C21H26F3N3O3/c1-29-18-4-6-19(7-5-18)30-15-17(28)14-26-9-2-10-27(12-11-26)20-8-3-16(13-25-20)21(22,23)24/h3-8,13,17,28H,2,9-12,14-15H2,1H3. The predicted molar refractivity (Wildman–Crippen MR) is 107 cm³/mol. The molecule has 1 saturated heterocycles. The van der Waals surface area contributed by atoms with Crippen LogP contribution < -0.4 is 14.4 Å². The van der Waals surface area contributed by atoms with Gasteiger partial charge in [-0.25, -0.2) is 4.98 Å². The number of alkyl halides is 3. The summed E-state index contributed by atoms with van der Waals surface area (Å²) in [7, 11) is 1.59. The highest BCUT2D eigenvalue weighted by Gasteiger charge is 2.31. The number of anilines is 1. The van der Waals surface area contributed by atoms with E-state index in [1.54, 1.807) is 31.4 Å². The molecule has 1 aromatic heterocycles. The highest BCUT2D eigenvalue weighted by Crippen LogP contribution is 2.29. The molecule has 1 unspecified atom stereocenters. The van der Waals surface area contributed by atoms with Crippen molar-refractivity contribution in [3.63, 3.8) is 0 Å². The summed E-state index contributed by atoms with van der Waals surface area (Å²) in [6, 6.07) is 9.63. The fourth-order valence-electron chi connectivity index (χ4n) is 3.34. The number of benzene rings is 1. The third kappa shape index (κ3) is 6.24. The summed E-state index contributed by atoms with van der Waals surface area (Å²) in [4.78, 5) is 8.08. The number of hydrogen-bond donors (Lipinski definition) is 1. The van der Waals surface area contributed by atoms with Crippen molar-refractivity contribution in [2.24, 2.45) is 0 Å². The van der Waals surface area contributed by atoms with Gasteiger partial charge in [0, 0.05) is 32.4 Å². The Balaban J connectivity index is 1.46. The number of aliphatic hydroxyl groups excluding tert-OH is 1. The molecule has 0 saturated carbocycles. The second-order valence-corrected chi connectivity index (χ2v) is 7.18. The van der Waals surface area contributed by atoms with Gasteiger partial charge in [0.05, 0.1) is 12.7 Å². The Morgan fingerprint density at radius 2 is 1.77 bits per heavy atom. The SMILES string of the molecule is COc1ccc(OCC(O)CN2CCCN(c3ccc(C(F)(F)F)cn3)CC2)cc1. The fourth-order valence-corrected chi connectivity index (χ4v) is 3.34. The van der Waals surface area contributed by atoms with Crippen molar-refractivity contribution in [2.45, 2.75) is 18.7 Å². The van der Waals surface area contributed by atoms with E-state index in [0.29, 0.717) is 37.7 Å². The van der Waals surface area contributed by atoms with Crippen molar-refractivity contribution in [2.75, 3.05) is 51.3 Å². The van der Waals surface area contributed by atoms with E-state index in [4.69, 9.17) is 9.47 Å². The first-order chi connectivity index (χ1) is 14.3. The Morgan fingerprint density at radius 1 is 1.03 bits per heavy atom. The zero-order valence-electron chi connectivity index (χ0n) is 16.8. The summed E-state index contributed by atoms with van der Waals surface area (Å²) >= 11 is 0. The molecule has 9 heteroatoms.